The Kier molecular flexibility index (Phi) is 17.7. The van der Waals surface area contributed by atoms with Crippen molar-refractivity contribution in [3.8, 4) is 11.8 Å². The Labute approximate surface area is 297 Å². The maximum Gasteiger partial charge on any atom is 0.308 e. The van der Waals surface area contributed by atoms with Gasteiger partial charge in [0.05, 0.1) is 23.9 Å². The Morgan fingerprint density at radius 1 is 1.02 bits per heavy atom. The number of unbranched alkanes of at least 4 members (excludes halogenated alkanes) is 1. The summed E-state index contributed by atoms with van der Waals surface area (Å²) in [6, 6.07) is 3.23. The highest BCUT2D eigenvalue weighted by atomic mass is 28.4. The summed E-state index contributed by atoms with van der Waals surface area (Å²) in [5, 5.41) is 9.33. The van der Waals surface area contributed by atoms with E-state index >= 15 is 0 Å². The van der Waals surface area contributed by atoms with E-state index in [9.17, 15) is 14.7 Å². The van der Waals surface area contributed by atoms with Crippen LogP contribution in [0.5, 0.6) is 0 Å². The Balaban J connectivity index is 3.68. The highest BCUT2D eigenvalue weighted by Gasteiger charge is 2.45. The highest BCUT2D eigenvalue weighted by molar-refractivity contribution is 6.74. The summed E-state index contributed by atoms with van der Waals surface area (Å²) >= 11 is 0. The van der Waals surface area contributed by atoms with E-state index in [1.165, 1.54) is 12.5 Å². The monoisotopic (exact) mass is 722 g/mol. The number of rotatable bonds is 20. The lowest BCUT2D eigenvalue weighted by atomic mass is 9.91. The van der Waals surface area contributed by atoms with Crippen LogP contribution < -0.4 is 0 Å². The molecule has 0 amide bonds. The zero-order valence-corrected chi connectivity index (χ0v) is 36.1. The van der Waals surface area contributed by atoms with Gasteiger partial charge in [-0.2, -0.15) is 0 Å². The molecule has 0 radical (unpaired) electrons. The lowest BCUT2D eigenvalue weighted by Crippen LogP contribution is -2.42. The molecule has 1 rings (SSSR count). The van der Waals surface area contributed by atoms with Gasteiger partial charge in [0.15, 0.2) is 22.7 Å². The van der Waals surface area contributed by atoms with Crippen LogP contribution in [0.4, 0.5) is 0 Å². The first kappa shape index (κ1) is 44.4. The molecule has 48 heavy (non-hydrogen) atoms. The van der Waals surface area contributed by atoms with Crippen LogP contribution >= 0.6 is 0 Å². The third-order valence-electron chi connectivity index (χ3n) is 10.0. The van der Waals surface area contributed by atoms with Crippen LogP contribution in [0.15, 0.2) is 23.5 Å². The second kappa shape index (κ2) is 19.1. The van der Waals surface area contributed by atoms with E-state index in [0.717, 1.165) is 56.0 Å². The minimum atomic E-state index is -2.16. The lowest BCUT2D eigenvalue weighted by molar-refractivity contribution is -0.147. The summed E-state index contributed by atoms with van der Waals surface area (Å²) in [5.74, 6) is 5.55. The molecule has 4 atom stereocenters. The number of carbonyl (C=O) groups excluding carboxylic acids is 1. The molecule has 276 valence electrons. The van der Waals surface area contributed by atoms with Crippen LogP contribution in [0.1, 0.15) is 114 Å². The average molecular weight is 723 g/mol. The molecule has 0 aromatic carbocycles. The molecule has 1 aliphatic carbocycles. The number of esters is 1. The van der Waals surface area contributed by atoms with Crippen molar-refractivity contribution in [1.29, 1.82) is 0 Å². The molecule has 10 heteroatoms. The molecule has 0 heterocycles. The smallest absolute Gasteiger partial charge is 0.308 e. The average Bonchev–Trinajstić information content (AvgIpc) is 3.24. The normalized spacial score (nSPS) is 19.5. The second-order valence-corrected chi connectivity index (χ2v) is 30.2. The first-order chi connectivity index (χ1) is 22.1. The Morgan fingerprint density at radius 3 is 2.10 bits per heavy atom. The third kappa shape index (κ3) is 14.7. The van der Waals surface area contributed by atoms with Gasteiger partial charge in [-0.25, -0.2) is 0 Å². The number of carboxylic acids is 1. The highest BCUT2D eigenvalue weighted by Crippen LogP contribution is 2.46. The molecule has 0 aliphatic heterocycles. The number of carbonyl (C=O) groups is 2. The number of ether oxygens (including phenoxy) is 1. The van der Waals surface area contributed by atoms with Crippen molar-refractivity contribution in [3.05, 3.63) is 23.5 Å². The molecule has 1 aliphatic rings. The topological polar surface area (TPSA) is 91.3 Å². The fourth-order valence-electron chi connectivity index (χ4n) is 6.21. The van der Waals surface area contributed by atoms with E-state index in [0.29, 0.717) is 12.8 Å². The first-order valence-corrected chi connectivity index (χ1v) is 27.2. The van der Waals surface area contributed by atoms with Crippen LogP contribution in [-0.4, -0.2) is 59.8 Å². The summed E-state index contributed by atoms with van der Waals surface area (Å²) in [5.41, 5.74) is 1.01. The first-order valence-electron chi connectivity index (χ1n) is 18.4. The van der Waals surface area contributed by atoms with Gasteiger partial charge in [-0.1, -0.05) is 85.3 Å². The van der Waals surface area contributed by atoms with Gasteiger partial charge < -0.3 is 23.1 Å². The summed E-state index contributed by atoms with van der Waals surface area (Å²) in [6.45, 7) is 30.8. The molecule has 0 saturated heterocycles. The summed E-state index contributed by atoms with van der Waals surface area (Å²) in [6.07, 6.45) is 9.42. The van der Waals surface area contributed by atoms with Crippen molar-refractivity contribution in [2.45, 2.75) is 187 Å². The maximum atomic E-state index is 11.6. The lowest BCUT2D eigenvalue weighted by Gasteiger charge is -2.37. The van der Waals surface area contributed by atoms with Gasteiger partial charge >= 0.3 is 11.9 Å². The third-order valence-corrected chi connectivity index (χ3v) is 20.2. The zero-order chi connectivity index (χ0) is 37.0. The fourth-order valence-corrected chi connectivity index (χ4v) is 11.9. The predicted molar refractivity (Wildman–Crippen MR) is 206 cm³/mol. The van der Waals surface area contributed by atoms with E-state index in [1.54, 1.807) is 0 Å². The van der Waals surface area contributed by atoms with E-state index < -0.39 is 43.0 Å². The number of aliphatic carboxylic acids is 1. The maximum absolute atomic E-state index is 11.6. The van der Waals surface area contributed by atoms with Crippen molar-refractivity contribution < 1.29 is 32.7 Å². The molecule has 0 spiro atoms. The van der Waals surface area contributed by atoms with Crippen LogP contribution in [0.2, 0.25) is 55.9 Å². The predicted octanol–water partition coefficient (Wildman–Crippen LogP) is 10.6. The molecule has 0 bridgehead atoms. The molecule has 7 nitrogen and oxygen atoms in total. The standard InChI is InChI=1S/C38H70O7Si3/c1-15-19-26-38(9,45-46(10,11)12)27-22-25-33-32(24-21-20-23-31(28-36(40)41)42-30(5)39)34(43-47(13,14)37(6,7)8)29-35(33)44-48(16-2,17-3)18-4/h22,25,31,33,35H,15-19,21,24,26-29H2,1-14H3,(H,40,41)/b25-22+/t31?,33-,35-,38?/m1/s1. The molecule has 0 fully saturated rings. The second-order valence-electron chi connectivity index (χ2n) is 16.4. The molecular formula is C38H70O7Si3. The minimum Gasteiger partial charge on any atom is -0.546 e. The van der Waals surface area contributed by atoms with Gasteiger partial charge in [-0.05, 0) is 87.7 Å². The van der Waals surface area contributed by atoms with Crippen molar-refractivity contribution in [1.82, 2.24) is 0 Å². The van der Waals surface area contributed by atoms with E-state index in [2.05, 4.69) is 112 Å². The Morgan fingerprint density at radius 2 is 1.62 bits per heavy atom. The molecule has 2 unspecified atom stereocenters. The number of hydrogen-bond acceptors (Lipinski definition) is 6. The largest absolute Gasteiger partial charge is 0.546 e. The minimum absolute atomic E-state index is 0.00360. The van der Waals surface area contributed by atoms with Crippen LogP contribution in [0, 0.1) is 17.8 Å². The zero-order valence-electron chi connectivity index (χ0n) is 33.1. The van der Waals surface area contributed by atoms with Gasteiger partial charge in [0.2, 0.25) is 8.32 Å². The summed E-state index contributed by atoms with van der Waals surface area (Å²) in [7, 11) is -5.87. The Hall–Kier alpha value is -1.65. The Bertz CT molecular complexity index is 1140. The summed E-state index contributed by atoms with van der Waals surface area (Å²) < 4.78 is 26.4. The van der Waals surface area contributed by atoms with Crippen molar-refractivity contribution in [3.63, 3.8) is 0 Å². The van der Waals surface area contributed by atoms with Crippen molar-refractivity contribution in [2.24, 2.45) is 5.92 Å². The molecule has 0 aromatic heterocycles. The van der Waals surface area contributed by atoms with Gasteiger partial charge in [0, 0.05) is 25.7 Å². The van der Waals surface area contributed by atoms with E-state index in [-0.39, 0.29) is 29.1 Å². The van der Waals surface area contributed by atoms with Crippen molar-refractivity contribution in [2.75, 3.05) is 0 Å². The van der Waals surface area contributed by atoms with Gasteiger partial charge in [-0.3, -0.25) is 9.59 Å². The van der Waals surface area contributed by atoms with Crippen LogP contribution in [0.25, 0.3) is 0 Å². The SMILES string of the molecule is CCCCC(C)(C/C=C/[C@@H]1C(CCC#CC(CC(=O)O)OC(C)=O)=C(O[Si](C)(C)C(C)(C)C)C[C@H]1O[Si](CC)(CC)CC)O[Si](C)(C)C. The summed E-state index contributed by atoms with van der Waals surface area (Å²) in [4.78, 5) is 22.9. The van der Waals surface area contributed by atoms with Crippen LogP contribution in [0.3, 0.4) is 0 Å². The van der Waals surface area contributed by atoms with Gasteiger partial charge in [0.25, 0.3) is 0 Å². The van der Waals surface area contributed by atoms with E-state index in [4.69, 9.17) is 18.0 Å². The number of carboxylic acid groups (broad SMARTS) is 1. The van der Waals surface area contributed by atoms with Gasteiger partial charge in [0.1, 0.15) is 0 Å². The van der Waals surface area contributed by atoms with Crippen molar-refractivity contribution >= 4 is 36.9 Å². The van der Waals surface area contributed by atoms with Gasteiger partial charge in [-0.15, -0.1) is 0 Å². The molecule has 0 aromatic rings. The molecule has 0 saturated carbocycles. The fraction of sp³-hybridized carbons (Fsp3) is 0.789. The quantitative estimate of drug-likeness (QED) is 0.0579. The molecular weight excluding hydrogens is 653 g/mol. The number of hydrogen-bond donors (Lipinski definition) is 1. The van der Waals surface area contributed by atoms with Crippen LogP contribution in [-0.2, 0) is 27.6 Å². The van der Waals surface area contributed by atoms with E-state index in [1.807, 2.05) is 0 Å². The molecule has 1 N–H and O–H groups in total.